The van der Waals surface area contributed by atoms with Crippen molar-refractivity contribution in [2.45, 2.75) is 37.8 Å². The Morgan fingerprint density at radius 2 is 1.59 bits per heavy atom. The molecule has 27 heavy (non-hydrogen) atoms. The number of ether oxygens (including phenoxy) is 1. The number of hydrogen-bond donors (Lipinski definition) is 0. The number of nitrogens with zero attached hydrogens (tertiary/aromatic N) is 1. The Bertz CT molecular complexity index is 890. The Labute approximate surface area is 151 Å². The Kier molecular flexibility index (Phi) is 4.69. The van der Waals surface area contributed by atoms with Gasteiger partial charge in [0.2, 0.25) is 0 Å². The van der Waals surface area contributed by atoms with Crippen LogP contribution in [0, 0.1) is 0 Å². The first-order valence-electron chi connectivity index (χ1n) is 7.94. The molecule has 0 spiro atoms. The standard InChI is InChI=1S/C16H14F5NO4S/c17-15(18,16(19,20)21)9-26-11-7-5-10(6-8-11)22-14(23)12-3-1-2-4-13(12)27(22,24)25/h5-8H,1-4,9H2. The van der Waals surface area contributed by atoms with Gasteiger partial charge in [0, 0.05) is 5.57 Å². The second-order valence-electron chi connectivity index (χ2n) is 6.17. The van der Waals surface area contributed by atoms with Crippen molar-refractivity contribution in [2.75, 3.05) is 10.9 Å². The van der Waals surface area contributed by atoms with Crippen molar-refractivity contribution in [1.82, 2.24) is 0 Å². The summed E-state index contributed by atoms with van der Waals surface area (Å²) in [5, 5.41) is 0. The molecule has 11 heteroatoms. The van der Waals surface area contributed by atoms with Gasteiger partial charge in [0.1, 0.15) is 5.75 Å². The number of allylic oxidation sites excluding steroid dienone is 1. The van der Waals surface area contributed by atoms with Crippen molar-refractivity contribution in [3.05, 3.63) is 34.7 Å². The average Bonchev–Trinajstić information content (AvgIpc) is 2.79. The summed E-state index contributed by atoms with van der Waals surface area (Å²) in [6.07, 6.45) is -3.76. The van der Waals surface area contributed by atoms with E-state index in [2.05, 4.69) is 4.74 Å². The summed E-state index contributed by atoms with van der Waals surface area (Å²) >= 11 is 0. The van der Waals surface area contributed by atoms with E-state index in [0.717, 1.165) is 24.3 Å². The van der Waals surface area contributed by atoms with Crippen LogP contribution < -0.4 is 9.04 Å². The van der Waals surface area contributed by atoms with Gasteiger partial charge in [-0.05, 0) is 49.9 Å². The molecular formula is C16H14F5NO4S. The van der Waals surface area contributed by atoms with Gasteiger partial charge in [0.25, 0.3) is 15.9 Å². The molecule has 148 valence electrons. The minimum Gasteiger partial charge on any atom is -0.487 e. The Balaban J connectivity index is 1.78. The molecule has 0 radical (unpaired) electrons. The molecule has 1 amide bonds. The summed E-state index contributed by atoms with van der Waals surface area (Å²) < 4.78 is 92.4. The van der Waals surface area contributed by atoms with E-state index in [-0.39, 0.29) is 28.3 Å². The van der Waals surface area contributed by atoms with Crippen molar-refractivity contribution in [3.63, 3.8) is 0 Å². The van der Waals surface area contributed by atoms with Crippen LogP contribution in [0.15, 0.2) is 34.7 Å². The summed E-state index contributed by atoms with van der Waals surface area (Å²) in [6, 6.07) is 4.30. The third kappa shape index (κ3) is 3.40. The molecule has 3 rings (SSSR count). The van der Waals surface area contributed by atoms with Crippen molar-refractivity contribution in [1.29, 1.82) is 0 Å². The molecule has 0 aromatic heterocycles. The van der Waals surface area contributed by atoms with Gasteiger partial charge in [-0.15, -0.1) is 0 Å². The van der Waals surface area contributed by atoms with Crippen LogP contribution in [0.1, 0.15) is 25.7 Å². The van der Waals surface area contributed by atoms with Gasteiger partial charge >= 0.3 is 12.1 Å². The summed E-state index contributed by atoms with van der Waals surface area (Å²) in [7, 11) is -4.00. The van der Waals surface area contributed by atoms with Crippen LogP contribution in [0.2, 0.25) is 0 Å². The first kappa shape index (κ1) is 19.6. The monoisotopic (exact) mass is 411 g/mol. The topological polar surface area (TPSA) is 63.7 Å². The van der Waals surface area contributed by atoms with Crippen LogP contribution in [-0.4, -0.2) is 33.0 Å². The summed E-state index contributed by atoms with van der Waals surface area (Å²) in [5.41, 5.74) is 0.204. The minimum atomic E-state index is -5.74. The van der Waals surface area contributed by atoms with Crippen LogP contribution in [-0.2, 0) is 14.8 Å². The van der Waals surface area contributed by atoms with E-state index in [1.54, 1.807) is 0 Å². The van der Waals surface area contributed by atoms with Gasteiger partial charge in [-0.1, -0.05) is 0 Å². The predicted molar refractivity (Wildman–Crippen MR) is 84.8 cm³/mol. The summed E-state index contributed by atoms with van der Waals surface area (Å²) in [4.78, 5) is 12.5. The van der Waals surface area contributed by atoms with E-state index < -0.39 is 34.6 Å². The van der Waals surface area contributed by atoms with Crippen molar-refractivity contribution >= 4 is 21.6 Å². The number of benzene rings is 1. The third-order valence-corrected chi connectivity index (χ3v) is 6.25. The van der Waals surface area contributed by atoms with E-state index in [1.807, 2.05) is 0 Å². The maximum atomic E-state index is 12.9. The molecule has 1 aromatic carbocycles. The maximum Gasteiger partial charge on any atom is 0.456 e. The second-order valence-corrected chi connectivity index (χ2v) is 7.98. The molecule has 0 N–H and O–H groups in total. The zero-order chi connectivity index (χ0) is 20.0. The lowest BCUT2D eigenvalue weighted by Crippen LogP contribution is -2.41. The molecule has 0 bridgehead atoms. The zero-order valence-corrected chi connectivity index (χ0v) is 14.5. The first-order valence-corrected chi connectivity index (χ1v) is 9.38. The highest BCUT2D eigenvalue weighted by atomic mass is 32.2. The normalized spacial score (nSPS) is 20.0. The van der Waals surface area contributed by atoms with Crippen LogP contribution in [0.25, 0.3) is 0 Å². The Morgan fingerprint density at radius 3 is 2.15 bits per heavy atom. The molecular weight excluding hydrogens is 397 g/mol. The molecule has 5 nitrogen and oxygen atoms in total. The predicted octanol–water partition coefficient (Wildman–Crippen LogP) is 3.77. The zero-order valence-electron chi connectivity index (χ0n) is 13.7. The van der Waals surface area contributed by atoms with Crippen LogP contribution in [0.5, 0.6) is 5.75 Å². The lowest BCUT2D eigenvalue weighted by Gasteiger charge is -2.20. The molecule has 1 aliphatic carbocycles. The van der Waals surface area contributed by atoms with Gasteiger partial charge in [-0.25, -0.2) is 8.42 Å². The average molecular weight is 411 g/mol. The van der Waals surface area contributed by atoms with E-state index >= 15 is 0 Å². The van der Waals surface area contributed by atoms with E-state index in [1.165, 1.54) is 0 Å². The number of rotatable bonds is 4. The molecule has 2 aliphatic rings. The smallest absolute Gasteiger partial charge is 0.456 e. The fourth-order valence-corrected chi connectivity index (χ4v) is 4.77. The van der Waals surface area contributed by atoms with E-state index in [9.17, 15) is 35.2 Å². The lowest BCUT2D eigenvalue weighted by molar-refractivity contribution is -0.290. The van der Waals surface area contributed by atoms with Gasteiger partial charge in [0.05, 0.1) is 10.6 Å². The molecule has 0 atom stereocenters. The number of alkyl halides is 5. The Hall–Kier alpha value is -2.17. The summed E-state index contributed by atoms with van der Waals surface area (Å²) in [5.74, 6) is -6.01. The van der Waals surface area contributed by atoms with Crippen molar-refractivity contribution < 1.29 is 39.9 Å². The second kappa shape index (κ2) is 6.47. The third-order valence-electron chi connectivity index (χ3n) is 4.32. The highest BCUT2D eigenvalue weighted by Crippen LogP contribution is 2.41. The molecule has 1 aromatic rings. The van der Waals surface area contributed by atoms with Gasteiger partial charge in [-0.3, -0.25) is 4.79 Å². The summed E-state index contributed by atoms with van der Waals surface area (Å²) in [6.45, 7) is -1.91. The highest BCUT2D eigenvalue weighted by molar-refractivity contribution is 7.98. The highest BCUT2D eigenvalue weighted by Gasteiger charge is 2.58. The number of amides is 1. The number of carbonyl (C=O) groups is 1. The molecule has 0 saturated heterocycles. The van der Waals surface area contributed by atoms with Crippen molar-refractivity contribution in [2.24, 2.45) is 0 Å². The number of carbonyl (C=O) groups excluding carboxylic acids is 1. The molecule has 0 unspecified atom stereocenters. The van der Waals surface area contributed by atoms with Crippen LogP contribution >= 0.6 is 0 Å². The number of sulfonamides is 1. The van der Waals surface area contributed by atoms with Gasteiger partial charge in [0.15, 0.2) is 6.61 Å². The lowest BCUT2D eigenvalue weighted by atomic mass is 9.99. The molecule has 0 saturated carbocycles. The number of halogens is 5. The fourth-order valence-electron chi connectivity index (χ4n) is 2.92. The van der Waals surface area contributed by atoms with E-state index in [4.69, 9.17) is 0 Å². The first-order chi connectivity index (χ1) is 12.4. The number of anilines is 1. The minimum absolute atomic E-state index is 0.0377. The van der Waals surface area contributed by atoms with Crippen LogP contribution in [0.3, 0.4) is 0 Å². The van der Waals surface area contributed by atoms with Crippen LogP contribution in [0.4, 0.5) is 27.6 Å². The van der Waals surface area contributed by atoms with E-state index in [0.29, 0.717) is 23.6 Å². The van der Waals surface area contributed by atoms with Gasteiger partial charge < -0.3 is 4.74 Å². The molecule has 0 fully saturated rings. The largest absolute Gasteiger partial charge is 0.487 e. The Morgan fingerprint density at radius 1 is 1.00 bits per heavy atom. The SMILES string of the molecule is O=C1C2=C(CCCC2)S(=O)(=O)N1c1ccc(OCC(F)(F)C(F)(F)F)cc1. The quantitative estimate of drug-likeness (QED) is 0.708. The van der Waals surface area contributed by atoms with Gasteiger partial charge in [-0.2, -0.15) is 26.3 Å². The van der Waals surface area contributed by atoms with Crippen molar-refractivity contribution in [3.8, 4) is 5.75 Å². The fraction of sp³-hybridized carbons (Fsp3) is 0.438. The molecule has 1 aliphatic heterocycles. The molecule has 1 heterocycles. The number of hydrogen-bond acceptors (Lipinski definition) is 4. The maximum absolute atomic E-state index is 12.9.